The minimum Gasteiger partial charge on any atom is -0.378 e. The highest BCUT2D eigenvalue weighted by Crippen LogP contribution is 2.47. The molecule has 1 aliphatic rings. The van der Waals surface area contributed by atoms with Crippen LogP contribution in [0.25, 0.3) is 0 Å². The third-order valence-electron chi connectivity index (χ3n) is 9.38. The smallest absolute Gasteiger partial charge is 0.339 e. The second kappa shape index (κ2) is 15.3. The molecule has 0 bridgehead atoms. The molecule has 0 amide bonds. The van der Waals surface area contributed by atoms with Crippen molar-refractivity contribution < 1.29 is 34.8 Å². The van der Waals surface area contributed by atoms with Gasteiger partial charge < -0.3 is 8.37 Å². The Morgan fingerprint density at radius 3 is 1.12 bits per heavy atom. The molecule has 0 saturated heterocycles. The summed E-state index contributed by atoms with van der Waals surface area (Å²) in [5, 5.41) is 0. The fourth-order valence-electron chi connectivity index (χ4n) is 6.22. The van der Waals surface area contributed by atoms with Crippen molar-refractivity contribution >= 4 is 55.3 Å². The SMILES string of the molecule is Cc1ccc(Sc2ccc(OS(=O)(=O)c3ccc(C)cc3)c3c2C(=O)c2c(OS(=O)(=O)c4ccc(C)cc4)ccc(Sc4ccc(C(C)(C)C)cc4)c2C3=O)cc1. The molecule has 6 aromatic rings. The minimum atomic E-state index is -4.48. The predicted molar refractivity (Wildman–Crippen MR) is 222 cm³/mol. The summed E-state index contributed by atoms with van der Waals surface area (Å²) in [6.07, 6.45) is 0. The quantitative estimate of drug-likeness (QED) is 0.123. The summed E-state index contributed by atoms with van der Waals surface area (Å²) in [5.74, 6) is -2.14. The van der Waals surface area contributed by atoms with Crippen LogP contribution in [0.2, 0.25) is 0 Å². The summed E-state index contributed by atoms with van der Waals surface area (Å²) in [6, 6.07) is 33.3. The molecule has 7 rings (SSSR count). The summed E-state index contributed by atoms with van der Waals surface area (Å²) in [7, 11) is -8.96. The largest absolute Gasteiger partial charge is 0.378 e. The number of hydrogen-bond donors (Lipinski definition) is 0. The van der Waals surface area contributed by atoms with Gasteiger partial charge in [-0.1, -0.05) is 110 Å². The summed E-state index contributed by atoms with van der Waals surface area (Å²) in [6.45, 7) is 11.9. The van der Waals surface area contributed by atoms with Crippen LogP contribution in [0.4, 0.5) is 0 Å². The fourth-order valence-corrected chi connectivity index (χ4v) is 10.0. The van der Waals surface area contributed by atoms with Crippen LogP contribution in [0.15, 0.2) is 151 Å². The molecule has 0 atom stereocenters. The highest BCUT2D eigenvalue weighted by molar-refractivity contribution is 7.99. The van der Waals surface area contributed by atoms with Crippen LogP contribution in [0.1, 0.15) is 74.9 Å². The number of carbonyl (C=O) groups is 2. The summed E-state index contributed by atoms with van der Waals surface area (Å²) in [4.78, 5) is 32.2. The molecule has 0 heterocycles. The molecule has 6 aromatic carbocycles. The van der Waals surface area contributed by atoms with Gasteiger partial charge in [-0.2, -0.15) is 16.8 Å². The lowest BCUT2D eigenvalue weighted by Gasteiger charge is -2.25. The van der Waals surface area contributed by atoms with Crippen LogP contribution in [0.3, 0.4) is 0 Å². The van der Waals surface area contributed by atoms with Crippen LogP contribution >= 0.6 is 23.5 Å². The fraction of sp³-hybridized carbons (Fsp3) is 0.156. The Morgan fingerprint density at radius 2 is 0.772 bits per heavy atom. The molecular weight excluding hydrogens is 797 g/mol. The van der Waals surface area contributed by atoms with E-state index < -0.39 is 31.8 Å². The highest BCUT2D eigenvalue weighted by Gasteiger charge is 2.41. The van der Waals surface area contributed by atoms with Gasteiger partial charge in [-0.05, 0) is 105 Å². The van der Waals surface area contributed by atoms with Gasteiger partial charge in [0.2, 0.25) is 0 Å². The number of fused-ring (bicyclic) bond motifs is 2. The molecule has 8 nitrogen and oxygen atoms in total. The molecule has 12 heteroatoms. The average molecular weight is 835 g/mol. The molecule has 0 fully saturated rings. The third kappa shape index (κ3) is 8.31. The average Bonchev–Trinajstić information content (AvgIpc) is 3.15. The van der Waals surface area contributed by atoms with Crippen LogP contribution in [0.5, 0.6) is 11.5 Å². The summed E-state index contributed by atoms with van der Waals surface area (Å²) >= 11 is 2.41. The summed E-state index contributed by atoms with van der Waals surface area (Å²) < 4.78 is 66.3. The van der Waals surface area contributed by atoms with E-state index in [1.54, 1.807) is 24.3 Å². The zero-order valence-corrected chi connectivity index (χ0v) is 35.2. The molecule has 57 heavy (non-hydrogen) atoms. The number of carbonyl (C=O) groups excluding carboxylic acids is 2. The first kappa shape index (κ1) is 40.1. The number of aryl methyl sites for hydroxylation is 3. The first-order chi connectivity index (χ1) is 26.9. The van der Waals surface area contributed by atoms with Crippen molar-refractivity contribution in [3.05, 3.63) is 166 Å². The maximum Gasteiger partial charge on any atom is 0.339 e. The van der Waals surface area contributed by atoms with E-state index >= 15 is 9.59 Å². The number of ketones is 2. The van der Waals surface area contributed by atoms with Crippen molar-refractivity contribution in [1.29, 1.82) is 0 Å². The maximum atomic E-state index is 15.2. The van der Waals surface area contributed by atoms with Crippen molar-refractivity contribution in [3.8, 4) is 11.5 Å². The van der Waals surface area contributed by atoms with Gasteiger partial charge in [-0.3, -0.25) is 9.59 Å². The second-order valence-corrected chi connectivity index (χ2v) is 20.1. The Labute approximate surface area is 341 Å². The van der Waals surface area contributed by atoms with Gasteiger partial charge in [0, 0.05) is 19.6 Å². The minimum absolute atomic E-state index is 0.111. The Kier molecular flexibility index (Phi) is 10.8. The highest BCUT2D eigenvalue weighted by atomic mass is 32.2. The monoisotopic (exact) mass is 834 g/mol. The molecule has 0 radical (unpaired) electrons. The van der Waals surface area contributed by atoms with Crippen molar-refractivity contribution in [1.82, 2.24) is 0 Å². The topological polar surface area (TPSA) is 121 Å². The Morgan fingerprint density at radius 1 is 0.439 bits per heavy atom. The van der Waals surface area contributed by atoms with E-state index in [1.165, 1.54) is 72.1 Å². The standard InChI is InChI=1S/C45H38O8S4/c1-27-7-15-31(16-8-27)54-37-25-23-35(52-56(48,49)33-19-9-28(2)10-20-33)39-41(37)43(46)40-36(53-57(50,51)34-21-11-29(3)12-22-34)24-26-38(42(40)44(39)47)55-32-17-13-30(14-18-32)45(4,5)6/h7-26H,1-6H3. The molecule has 0 aliphatic heterocycles. The van der Waals surface area contributed by atoms with Crippen LogP contribution < -0.4 is 8.37 Å². The third-order valence-corrected chi connectivity index (χ3v) is 14.0. The first-order valence-corrected chi connectivity index (χ1v) is 22.3. The normalized spacial score (nSPS) is 12.9. The first-order valence-electron chi connectivity index (χ1n) is 17.9. The maximum absolute atomic E-state index is 15.2. The molecule has 290 valence electrons. The predicted octanol–water partition coefficient (Wildman–Crippen LogP) is 10.5. The van der Waals surface area contributed by atoms with Gasteiger partial charge >= 0.3 is 20.2 Å². The number of rotatable bonds is 10. The van der Waals surface area contributed by atoms with Crippen molar-refractivity contribution in [2.45, 2.75) is 76.3 Å². The molecule has 1 aliphatic carbocycles. The van der Waals surface area contributed by atoms with Gasteiger partial charge in [0.05, 0.1) is 22.3 Å². The zero-order chi connectivity index (χ0) is 40.9. The van der Waals surface area contributed by atoms with Crippen LogP contribution in [0, 0.1) is 20.8 Å². The van der Waals surface area contributed by atoms with Crippen molar-refractivity contribution in [2.75, 3.05) is 0 Å². The lowest BCUT2D eigenvalue weighted by atomic mass is 9.83. The Hall–Kier alpha value is -5.14. The second-order valence-electron chi connectivity index (χ2n) is 14.8. The van der Waals surface area contributed by atoms with Gasteiger partial charge in [0.1, 0.15) is 9.79 Å². The number of hydrogen-bond acceptors (Lipinski definition) is 10. The summed E-state index contributed by atoms with van der Waals surface area (Å²) in [5.41, 5.74) is 2.87. The molecule has 0 N–H and O–H groups in total. The Bertz CT molecular complexity index is 2770. The van der Waals surface area contributed by atoms with Crippen LogP contribution in [-0.2, 0) is 25.7 Å². The van der Waals surface area contributed by atoms with Gasteiger partial charge in [-0.25, -0.2) is 0 Å². The van der Waals surface area contributed by atoms with E-state index in [0.29, 0.717) is 9.79 Å². The molecular formula is C45H38O8S4. The zero-order valence-electron chi connectivity index (χ0n) is 31.9. The van der Waals surface area contributed by atoms with Gasteiger partial charge in [0.25, 0.3) is 0 Å². The van der Waals surface area contributed by atoms with Gasteiger partial charge in [-0.15, -0.1) is 0 Å². The lowest BCUT2D eigenvalue weighted by Crippen LogP contribution is -2.26. The van der Waals surface area contributed by atoms with E-state index in [9.17, 15) is 16.8 Å². The van der Waals surface area contributed by atoms with E-state index in [1.807, 2.05) is 69.3 Å². The van der Waals surface area contributed by atoms with E-state index in [-0.39, 0.29) is 49.0 Å². The molecule has 0 spiro atoms. The van der Waals surface area contributed by atoms with Crippen molar-refractivity contribution in [3.63, 3.8) is 0 Å². The molecule has 0 unspecified atom stereocenters. The van der Waals surface area contributed by atoms with E-state index in [2.05, 4.69) is 20.8 Å². The van der Waals surface area contributed by atoms with Crippen LogP contribution in [-0.4, -0.2) is 28.4 Å². The van der Waals surface area contributed by atoms with Gasteiger partial charge in [0.15, 0.2) is 23.1 Å². The number of benzene rings is 6. The molecule has 0 aromatic heterocycles. The lowest BCUT2D eigenvalue weighted by molar-refractivity contribution is 0.0971. The van der Waals surface area contributed by atoms with E-state index in [0.717, 1.165) is 32.0 Å². The molecule has 0 saturated carbocycles. The Balaban J connectivity index is 1.43. The van der Waals surface area contributed by atoms with E-state index in [4.69, 9.17) is 8.37 Å². The van der Waals surface area contributed by atoms with Crippen molar-refractivity contribution in [2.24, 2.45) is 0 Å².